The van der Waals surface area contributed by atoms with Gasteiger partial charge in [0, 0.05) is 40.2 Å². The molecule has 0 unspecified atom stereocenters. The molecular formula is C30H26AgN3O3S. The Balaban J connectivity index is 0.000000158. The molecule has 2 N–H and O–H groups in total. The summed E-state index contributed by atoms with van der Waals surface area (Å²) in [6.45, 7) is 4.01. The standard InChI is InChI=1S/C10H9NO3S.2C10H9N.Ag/c11-8-4-5-9-7(6-8)2-1-3-10(9)15(12,13)14;2*1-8-6-9-4-2-3-5-10(9)7-11-8;/h1-6H,11H2,(H,12,13,14);2*2-7H,1H3;/q;;;+1/p-1. The van der Waals surface area contributed by atoms with Crippen LogP contribution in [0.15, 0.2) is 114 Å². The molecule has 0 saturated heterocycles. The maximum Gasteiger partial charge on any atom is 1.00 e. The van der Waals surface area contributed by atoms with Crippen LogP contribution in [0, 0.1) is 13.8 Å². The average Bonchev–Trinajstić information content (AvgIpc) is 2.88. The van der Waals surface area contributed by atoms with E-state index in [0.717, 1.165) is 11.4 Å². The molecule has 4 aromatic carbocycles. The predicted octanol–water partition coefficient (Wildman–Crippen LogP) is 6.41. The number of anilines is 1. The van der Waals surface area contributed by atoms with Crippen molar-refractivity contribution in [2.45, 2.75) is 18.7 Å². The van der Waals surface area contributed by atoms with Gasteiger partial charge in [0.2, 0.25) is 0 Å². The van der Waals surface area contributed by atoms with Crippen LogP contribution in [0.4, 0.5) is 5.69 Å². The Morgan fingerprint density at radius 1 is 0.632 bits per heavy atom. The van der Waals surface area contributed by atoms with Gasteiger partial charge in [0.25, 0.3) is 0 Å². The molecule has 6 rings (SSSR count). The molecule has 0 aliphatic carbocycles. The van der Waals surface area contributed by atoms with Crippen LogP contribution in [0.1, 0.15) is 11.4 Å². The number of aromatic nitrogens is 2. The van der Waals surface area contributed by atoms with Crippen molar-refractivity contribution >= 4 is 48.1 Å². The van der Waals surface area contributed by atoms with Crippen molar-refractivity contribution < 1.29 is 35.4 Å². The summed E-state index contributed by atoms with van der Waals surface area (Å²) in [5.41, 5.74) is 8.23. The van der Waals surface area contributed by atoms with Crippen LogP contribution in [-0.2, 0) is 32.5 Å². The van der Waals surface area contributed by atoms with Gasteiger partial charge >= 0.3 is 22.4 Å². The molecule has 38 heavy (non-hydrogen) atoms. The van der Waals surface area contributed by atoms with E-state index >= 15 is 0 Å². The zero-order valence-corrected chi connectivity index (χ0v) is 23.1. The molecule has 0 aliphatic heterocycles. The monoisotopic (exact) mass is 615 g/mol. The van der Waals surface area contributed by atoms with Gasteiger partial charge in [-0.3, -0.25) is 9.97 Å². The third-order valence-corrected chi connectivity index (χ3v) is 6.56. The zero-order chi connectivity index (χ0) is 26.4. The van der Waals surface area contributed by atoms with Gasteiger partial charge in [-0.25, -0.2) is 8.42 Å². The number of nitrogen functional groups attached to an aromatic ring is 1. The summed E-state index contributed by atoms with van der Waals surface area (Å²) in [5.74, 6) is 0. The normalized spacial score (nSPS) is 10.6. The van der Waals surface area contributed by atoms with E-state index in [-0.39, 0.29) is 27.3 Å². The Hall–Kier alpha value is -3.59. The molecule has 8 heteroatoms. The molecular weight excluding hydrogens is 590 g/mol. The summed E-state index contributed by atoms with van der Waals surface area (Å²) < 4.78 is 32.8. The van der Waals surface area contributed by atoms with Crippen molar-refractivity contribution in [2.75, 3.05) is 5.73 Å². The third-order valence-electron chi connectivity index (χ3n) is 5.67. The van der Waals surface area contributed by atoms with E-state index in [1.165, 1.54) is 39.7 Å². The number of benzene rings is 4. The van der Waals surface area contributed by atoms with Gasteiger partial charge in [0.1, 0.15) is 10.1 Å². The number of aryl methyl sites for hydroxylation is 2. The molecule has 0 amide bonds. The second-order valence-electron chi connectivity index (χ2n) is 8.54. The van der Waals surface area contributed by atoms with E-state index in [0.29, 0.717) is 16.5 Å². The van der Waals surface area contributed by atoms with Gasteiger partial charge in [-0.1, -0.05) is 66.7 Å². The summed E-state index contributed by atoms with van der Waals surface area (Å²) in [6, 6.07) is 29.9. The molecule has 0 bridgehead atoms. The molecule has 2 aromatic heterocycles. The van der Waals surface area contributed by atoms with E-state index in [4.69, 9.17) is 5.73 Å². The fraction of sp³-hybridized carbons (Fsp3) is 0.0667. The molecule has 196 valence electrons. The number of fused-ring (bicyclic) bond motifs is 3. The molecule has 0 spiro atoms. The topological polar surface area (TPSA) is 109 Å². The van der Waals surface area contributed by atoms with Crippen LogP contribution in [0.5, 0.6) is 0 Å². The minimum Gasteiger partial charge on any atom is -0.744 e. The first-order valence-corrected chi connectivity index (χ1v) is 13.0. The first kappa shape index (κ1) is 29.0. The van der Waals surface area contributed by atoms with Crippen LogP contribution in [-0.4, -0.2) is 22.9 Å². The van der Waals surface area contributed by atoms with Crippen LogP contribution in [0.3, 0.4) is 0 Å². The van der Waals surface area contributed by atoms with Crippen molar-refractivity contribution in [1.82, 2.24) is 9.97 Å². The second-order valence-corrected chi connectivity index (χ2v) is 9.88. The van der Waals surface area contributed by atoms with E-state index in [2.05, 4.69) is 46.4 Å². The molecule has 0 radical (unpaired) electrons. The quantitative estimate of drug-likeness (QED) is 0.130. The first-order chi connectivity index (χ1) is 17.7. The number of hydrogen-bond acceptors (Lipinski definition) is 6. The Morgan fingerprint density at radius 3 is 1.61 bits per heavy atom. The largest absolute Gasteiger partial charge is 1.00 e. The molecule has 6 nitrogen and oxygen atoms in total. The molecule has 0 aliphatic rings. The minimum absolute atomic E-state index is 0. The van der Waals surface area contributed by atoms with Crippen molar-refractivity contribution in [1.29, 1.82) is 0 Å². The van der Waals surface area contributed by atoms with E-state index in [9.17, 15) is 13.0 Å². The Bertz CT molecular complexity index is 1730. The van der Waals surface area contributed by atoms with Gasteiger partial charge in [-0.15, -0.1) is 0 Å². The number of nitrogens with zero attached hydrogens (tertiary/aromatic N) is 2. The first-order valence-electron chi connectivity index (χ1n) is 11.6. The fourth-order valence-electron chi connectivity index (χ4n) is 3.88. The predicted molar refractivity (Wildman–Crippen MR) is 149 cm³/mol. The maximum atomic E-state index is 10.9. The maximum absolute atomic E-state index is 10.9. The number of rotatable bonds is 1. The van der Waals surface area contributed by atoms with Crippen molar-refractivity contribution in [3.8, 4) is 0 Å². The average molecular weight is 616 g/mol. The number of hydrogen-bond donors (Lipinski definition) is 1. The SMILES string of the molecule is Cc1cc2ccccc2cn1.Cc1cc2ccccc2cn1.Nc1ccc2c(S(=O)(=O)[O-])cccc2c1.[Ag+]. The van der Waals surface area contributed by atoms with Crippen molar-refractivity contribution in [3.63, 3.8) is 0 Å². The van der Waals surface area contributed by atoms with Crippen LogP contribution >= 0.6 is 0 Å². The van der Waals surface area contributed by atoms with Gasteiger partial charge in [0.15, 0.2) is 0 Å². The molecule has 2 heterocycles. The zero-order valence-electron chi connectivity index (χ0n) is 20.8. The Labute approximate surface area is 237 Å². The van der Waals surface area contributed by atoms with Crippen LogP contribution in [0.2, 0.25) is 0 Å². The summed E-state index contributed by atoms with van der Waals surface area (Å²) in [4.78, 5) is 8.21. The second kappa shape index (κ2) is 12.8. The summed E-state index contributed by atoms with van der Waals surface area (Å²) in [7, 11) is -4.43. The van der Waals surface area contributed by atoms with E-state index in [1.807, 2.05) is 50.5 Å². The van der Waals surface area contributed by atoms with Crippen molar-refractivity contribution in [2.24, 2.45) is 0 Å². The minimum atomic E-state index is -4.43. The molecule has 0 saturated carbocycles. The van der Waals surface area contributed by atoms with Gasteiger partial charge in [-0.2, -0.15) is 0 Å². The van der Waals surface area contributed by atoms with Gasteiger partial charge in [-0.05, 0) is 65.7 Å². The van der Waals surface area contributed by atoms with Crippen LogP contribution in [0.25, 0.3) is 32.3 Å². The smallest absolute Gasteiger partial charge is 0.744 e. The van der Waals surface area contributed by atoms with E-state index in [1.54, 1.807) is 18.2 Å². The molecule has 0 fully saturated rings. The number of nitrogens with two attached hydrogens (primary N) is 1. The Morgan fingerprint density at radius 2 is 1.11 bits per heavy atom. The summed E-state index contributed by atoms with van der Waals surface area (Å²) in [6.07, 6.45) is 3.81. The fourth-order valence-corrected chi connectivity index (χ4v) is 4.58. The Kier molecular flexibility index (Phi) is 9.74. The third kappa shape index (κ3) is 7.47. The van der Waals surface area contributed by atoms with Crippen molar-refractivity contribution in [3.05, 3.63) is 121 Å². The van der Waals surface area contributed by atoms with Crippen LogP contribution < -0.4 is 5.73 Å². The summed E-state index contributed by atoms with van der Waals surface area (Å²) >= 11 is 0. The van der Waals surface area contributed by atoms with Gasteiger partial charge < -0.3 is 10.3 Å². The molecule has 0 atom stereocenters. The summed E-state index contributed by atoms with van der Waals surface area (Å²) in [5, 5.41) is 5.99. The molecule has 6 aromatic rings. The number of pyridine rings is 2. The van der Waals surface area contributed by atoms with E-state index < -0.39 is 10.1 Å². The van der Waals surface area contributed by atoms with Gasteiger partial charge in [0.05, 0.1) is 4.90 Å².